The van der Waals surface area contributed by atoms with E-state index < -0.39 is 0 Å². The van der Waals surface area contributed by atoms with Gasteiger partial charge in [0.1, 0.15) is 22.9 Å². The van der Waals surface area contributed by atoms with Crippen molar-refractivity contribution in [1.29, 1.82) is 0 Å². The van der Waals surface area contributed by atoms with Crippen molar-refractivity contribution in [3.63, 3.8) is 0 Å². The molecule has 0 saturated heterocycles. The highest BCUT2D eigenvalue weighted by atomic mass is 32.1. The maximum Gasteiger partial charge on any atom is 0.275 e. The number of H-pyrrole nitrogens is 1. The number of ether oxygens (including phenoxy) is 2. The van der Waals surface area contributed by atoms with Crippen LogP contribution >= 0.6 is 11.3 Å². The first-order chi connectivity index (χ1) is 14.2. The number of carbonyl (C=O) groups is 1. The summed E-state index contributed by atoms with van der Waals surface area (Å²) < 4.78 is 10.6. The molecule has 0 aliphatic carbocycles. The number of hydrogen-bond donors (Lipinski definition) is 2. The van der Waals surface area contributed by atoms with Crippen molar-refractivity contribution in [2.75, 3.05) is 19.5 Å². The number of carbonyl (C=O) groups excluding carboxylic acids is 1. The highest BCUT2D eigenvalue weighted by Crippen LogP contribution is 2.32. The number of amides is 1. The van der Waals surface area contributed by atoms with Crippen LogP contribution in [0.2, 0.25) is 0 Å². The average molecular weight is 407 g/mol. The van der Waals surface area contributed by atoms with E-state index in [4.69, 9.17) is 9.47 Å². The lowest BCUT2D eigenvalue weighted by Crippen LogP contribution is -2.12. The second kappa shape index (κ2) is 8.11. The monoisotopic (exact) mass is 407 g/mol. The van der Waals surface area contributed by atoms with Gasteiger partial charge in [0.25, 0.3) is 5.91 Å². The van der Waals surface area contributed by atoms with Gasteiger partial charge in [-0.05, 0) is 30.3 Å². The molecule has 3 aromatic heterocycles. The number of rotatable bonds is 6. The topological polar surface area (TPSA) is 102 Å². The van der Waals surface area contributed by atoms with Crippen LogP contribution in [0.25, 0.3) is 22.6 Å². The number of pyridine rings is 1. The Bertz CT molecular complexity index is 1140. The minimum absolute atomic E-state index is 0.312. The molecule has 0 bridgehead atoms. The van der Waals surface area contributed by atoms with Gasteiger partial charge < -0.3 is 9.47 Å². The third-order valence-electron chi connectivity index (χ3n) is 4.16. The molecule has 1 aromatic carbocycles. The van der Waals surface area contributed by atoms with Crippen LogP contribution in [0.5, 0.6) is 11.5 Å². The van der Waals surface area contributed by atoms with Crippen molar-refractivity contribution < 1.29 is 14.3 Å². The largest absolute Gasteiger partial charge is 0.497 e. The van der Waals surface area contributed by atoms with Gasteiger partial charge in [0, 0.05) is 23.2 Å². The number of nitrogens with zero attached hydrogens (tertiary/aromatic N) is 3. The Morgan fingerprint density at radius 3 is 2.72 bits per heavy atom. The zero-order chi connectivity index (χ0) is 20.2. The van der Waals surface area contributed by atoms with E-state index in [1.807, 2.05) is 29.6 Å². The van der Waals surface area contributed by atoms with Gasteiger partial charge in [0.05, 0.1) is 25.6 Å². The fourth-order valence-electron chi connectivity index (χ4n) is 2.71. The number of anilines is 1. The summed E-state index contributed by atoms with van der Waals surface area (Å²) in [6, 6.07) is 12.7. The van der Waals surface area contributed by atoms with Crippen molar-refractivity contribution in [3.8, 4) is 34.1 Å². The number of aromatic nitrogens is 4. The fourth-order valence-corrected chi connectivity index (χ4v) is 3.41. The zero-order valence-electron chi connectivity index (χ0n) is 15.7. The van der Waals surface area contributed by atoms with Crippen LogP contribution < -0.4 is 14.8 Å². The molecule has 2 N–H and O–H groups in total. The molecule has 0 aliphatic heterocycles. The van der Waals surface area contributed by atoms with E-state index in [1.165, 1.54) is 11.3 Å². The number of aromatic amines is 1. The van der Waals surface area contributed by atoms with Gasteiger partial charge in [-0.25, -0.2) is 4.98 Å². The van der Waals surface area contributed by atoms with Crippen molar-refractivity contribution in [2.24, 2.45) is 0 Å². The minimum atomic E-state index is -0.335. The van der Waals surface area contributed by atoms with Gasteiger partial charge in [-0.1, -0.05) is 6.07 Å². The SMILES string of the molecule is COc1ccc(-c2cc(C(=O)Nc3nc(-c4ccccn4)cs3)[nH]n2)c(OC)c1. The van der Waals surface area contributed by atoms with Gasteiger partial charge in [-0.3, -0.25) is 20.2 Å². The molecule has 4 aromatic rings. The van der Waals surface area contributed by atoms with Crippen LogP contribution in [0.1, 0.15) is 10.5 Å². The van der Waals surface area contributed by atoms with Crippen LogP contribution in [0.15, 0.2) is 54.0 Å². The fraction of sp³-hybridized carbons (Fsp3) is 0.100. The standard InChI is InChI=1S/C20H17N5O3S/c1-27-12-6-7-13(18(9-12)28-2)15-10-16(25-24-15)19(26)23-20-22-17(11-29-20)14-5-3-4-8-21-14/h3-11H,1-2H3,(H,24,25)(H,22,23,26). The van der Waals surface area contributed by atoms with E-state index in [-0.39, 0.29) is 5.91 Å². The predicted octanol–water partition coefficient (Wildman–Crippen LogP) is 3.86. The average Bonchev–Trinajstić information content (AvgIpc) is 3.44. The second-order valence-electron chi connectivity index (χ2n) is 5.94. The molecule has 4 rings (SSSR count). The lowest BCUT2D eigenvalue weighted by molar-refractivity contribution is 0.102. The normalized spacial score (nSPS) is 10.6. The summed E-state index contributed by atoms with van der Waals surface area (Å²) >= 11 is 1.33. The summed E-state index contributed by atoms with van der Waals surface area (Å²) in [6.45, 7) is 0. The Morgan fingerprint density at radius 2 is 1.97 bits per heavy atom. The molecular formula is C20H17N5O3S. The molecule has 0 unspecified atom stereocenters. The Hall–Kier alpha value is -3.72. The van der Waals surface area contributed by atoms with Crippen LogP contribution in [-0.2, 0) is 0 Å². The summed E-state index contributed by atoms with van der Waals surface area (Å²) in [5.41, 5.74) is 3.10. The number of thiazole rings is 1. The van der Waals surface area contributed by atoms with Crippen molar-refractivity contribution in [3.05, 3.63) is 59.7 Å². The lowest BCUT2D eigenvalue weighted by Gasteiger charge is -2.08. The van der Waals surface area contributed by atoms with E-state index in [2.05, 4.69) is 25.5 Å². The molecular weight excluding hydrogens is 390 g/mol. The first-order valence-electron chi connectivity index (χ1n) is 8.64. The maximum absolute atomic E-state index is 12.6. The third kappa shape index (κ3) is 3.94. The number of nitrogens with one attached hydrogen (secondary N) is 2. The molecule has 1 amide bonds. The van der Waals surface area contributed by atoms with E-state index in [9.17, 15) is 4.79 Å². The maximum atomic E-state index is 12.6. The highest BCUT2D eigenvalue weighted by molar-refractivity contribution is 7.14. The number of hydrogen-bond acceptors (Lipinski definition) is 7. The van der Waals surface area contributed by atoms with Crippen LogP contribution in [-0.4, -0.2) is 40.3 Å². The Morgan fingerprint density at radius 1 is 1.07 bits per heavy atom. The molecule has 0 aliphatic rings. The molecule has 0 fully saturated rings. The summed E-state index contributed by atoms with van der Waals surface area (Å²) in [4.78, 5) is 21.2. The summed E-state index contributed by atoms with van der Waals surface area (Å²) in [6.07, 6.45) is 1.70. The Labute approximate surface area is 170 Å². The predicted molar refractivity (Wildman–Crippen MR) is 110 cm³/mol. The van der Waals surface area contributed by atoms with Crippen molar-refractivity contribution in [2.45, 2.75) is 0 Å². The van der Waals surface area contributed by atoms with E-state index >= 15 is 0 Å². The summed E-state index contributed by atoms with van der Waals surface area (Å²) in [5.74, 6) is 0.937. The quantitative estimate of drug-likeness (QED) is 0.503. The van der Waals surface area contributed by atoms with Gasteiger partial charge >= 0.3 is 0 Å². The van der Waals surface area contributed by atoms with Gasteiger partial charge in [0.15, 0.2) is 5.13 Å². The molecule has 0 saturated carbocycles. The molecule has 29 heavy (non-hydrogen) atoms. The van der Waals surface area contributed by atoms with Gasteiger partial charge in [-0.15, -0.1) is 11.3 Å². The summed E-state index contributed by atoms with van der Waals surface area (Å²) in [7, 11) is 3.16. The minimum Gasteiger partial charge on any atom is -0.497 e. The molecule has 0 spiro atoms. The highest BCUT2D eigenvalue weighted by Gasteiger charge is 2.16. The lowest BCUT2D eigenvalue weighted by atomic mass is 10.1. The zero-order valence-corrected chi connectivity index (χ0v) is 16.5. The van der Waals surface area contributed by atoms with Gasteiger partial charge in [0.2, 0.25) is 0 Å². The molecule has 3 heterocycles. The van der Waals surface area contributed by atoms with Crippen molar-refractivity contribution >= 4 is 22.4 Å². The number of methoxy groups -OCH3 is 2. The Balaban J connectivity index is 1.52. The van der Waals surface area contributed by atoms with E-state index in [1.54, 1.807) is 38.6 Å². The van der Waals surface area contributed by atoms with Crippen LogP contribution in [0, 0.1) is 0 Å². The molecule has 8 nitrogen and oxygen atoms in total. The molecule has 9 heteroatoms. The second-order valence-corrected chi connectivity index (χ2v) is 6.80. The van der Waals surface area contributed by atoms with E-state index in [0.717, 1.165) is 11.3 Å². The Kier molecular flexibility index (Phi) is 5.21. The third-order valence-corrected chi connectivity index (χ3v) is 4.92. The van der Waals surface area contributed by atoms with Crippen LogP contribution in [0.3, 0.4) is 0 Å². The molecule has 0 atom stereocenters. The van der Waals surface area contributed by atoms with Gasteiger partial charge in [-0.2, -0.15) is 5.10 Å². The first kappa shape index (κ1) is 18.6. The molecule has 0 radical (unpaired) electrons. The first-order valence-corrected chi connectivity index (χ1v) is 9.52. The number of benzene rings is 1. The van der Waals surface area contributed by atoms with Crippen molar-refractivity contribution in [1.82, 2.24) is 20.2 Å². The van der Waals surface area contributed by atoms with E-state index in [0.29, 0.717) is 33.7 Å². The smallest absolute Gasteiger partial charge is 0.275 e. The molecule has 146 valence electrons. The van der Waals surface area contributed by atoms with Crippen LogP contribution in [0.4, 0.5) is 5.13 Å². The summed E-state index contributed by atoms with van der Waals surface area (Å²) in [5, 5.41) is 12.1.